The number of imidazole rings is 1. The molecule has 25 heavy (non-hydrogen) atoms. The van der Waals surface area contributed by atoms with Crippen molar-refractivity contribution < 1.29 is 4.79 Å². The summed E-state index contributed by atoms with van der Waals surface area (Å²) in [5, 5.41) is 0. The van der Waals surface area contributed by atoms with Crippen LogP contribution in [0.3, 0.4) is 0 Å². The van der Waals surface area contributed by atoms with E-state index < -0.39 is 0 Å². The number of aryl methyl sites for hydroxylation is 1. The van der Waals surface area contributed by atoms with Crippen molar-refractivity contribution in [3.8, 4) is 0 Å². The molecule has 0 aliphatic heterocycles. The standard InChI is InChI=1S/C21H27N3O/c1-13-4-3-5-24-12-18(22-21(13)24)11-19(25)23(2)20-16-7-14-6-15(9-16)10-17(20)8-14/h3-5,12,14-17,20H,6-11H2,1-2H3. The number of likely N-dealkylation sites (N-methyl/N-ethyl adjacent to an activating group) is 1. The minimum atomic E-state index is 0.235. The smallest absolute Gasteiger partial charge is 0.228 e. The number of amides is 1. The molecule has 4 aliphatic carbocycles. The number of hydrogen-bond donors (Lipinski definition) is 0. The molecule has 0 saturated heterocycles. The summed E-state index contributed by atoms with van der Waals surface area (Å²) in [6, 6.07) is 4.56. The highest BCUT2D eigenvalue weighted by Crippen LogP contribution is 2.54. The predicted octanol–water partition coefficient (Wildman–Crippen LogP) is 3.47. The molecule has 4 aliphatic rings. The number of nitrogens with zero attached hydrogens (tertiary/aromatic N) is 3. The van der Waals surface area contributed by atoms with E-state index in [0.717, 1.165) is 40.6 Å². The van der Waals surface area contributed by atoms with E-state index in [1.807, 2.05) is 29.9 Å². The second-order valence-corrected chi connectivity index (χ2v) is 8.76. The van der Waals surface area contributed by atoms with E-state index in [1.165, 1.54) is 32.1 Å². The molecule has 0 radical (unpaired) electrons. The van der Waals surface area contributed by atoms with Crippen LogP contribution >= 0.6 is 0 Å². The lowest BCUT2D eigenvalue weighted by Gasteiger charge is -2.56. The molecule has 4 saturated carbocycles. The van der Waals surface area contributed by atoms with Crippen molar-refractivity contribution in [3.63, 3.8) is 0 Å². The summed E-state index contributed by atoms with van der Waals surface area (Å²) in [6.07, 6.45) is 11.3. The summed E-state index contributed by atoms with van der Waals surface area (Å²) in [5.41, 5.74) is 2.99. The Morgan fingerprint density at radius 1 is 1.20 bits per heavy atom. The number of fused-ring (bicyclic) bond motifs is 1. The maximum Gasteiger partial charge on any atom is 0.228 e. The van der Waals surface area contributed by atoms with Crippen molar-refractivity contribution in [2.24, 2.45) is 23.7 Å². The van der Waals surface area contributed by atoms with E-state index >= 15 is 0 Å². The zero-order valence-electron chi connectivity index (χ0n) is 15.2. The Morgan fingerprint density at radius 2 is 1.88 bits per heavy atom. The zero-order chi connectivity index (χ0) is 17.1. The number of pyridine rings is 1. The number of carbonyl (C=O) groups excluding carboxylic acids is 1. The van der Waals surface area contributed by atoms with Crippen LogP contribution in [0, 0.1) is 30.6 Å². The van der Waals surface area contributed by atoms with Gasteiger partial charge in [-0.2, -0.15) is 0 Å². The van der Waals surface area contributed by atoms with Crippen LogP contribution in [0.25, 0.3) is 5.65 Å². The van der Waals surface area contributed by atoms with Crippen LogP contribution in [0.2, 0.25) is 0 Å². The van der Waals surface area contributed by atoms with Crippen LogP contribution in [0.4, 0.5) is 0 Å². The van der Waals surface area contributed by atoms with Crippen molar-refractivity contribution in [1.29, 1.82) is 0 Å². The molecule has 2 aromatic rings. The van der Waals surface area contributed by atoms with Gasteiger partial charge in [-0.1, -0.05) is 6.07 Å². The Balaban J connectivity index is 1.34. The monoisotopic (exact) mass is 337 g/mol. The topological polar surface area (TPSA) is 37.6 Å². The van der Waals surface area contributed by atoms with Gasteiger partial charge in [0.15, 0.2) is 0 Å². The van der Waals surface area contributed by atoms with Gasteiger partial charge in [-0.15, -0.1) is 0 Å². The first-order valence-corrected chi connectivity index (χ1v) is 9.77. The van der Waals surface area contributed by atoms with E-state index in [1.54, 1.807) is 0 Å². The lowest BCUT2D eigenvalue weighted by atomic mass is 9.54. The highest BCUT2D eigenvalue weighted by Gasteiger charge is 2.50. The molecule has 4 fully saturated rings. The van der Waals surface area contributed by atoms with Gasteiger partial charge in [0, 0.05) is 25.5 Å². The lowest BCUT2D eigenvalue weighted by molar-refractivity contribution is -0.140. The Bertz CT molecular complexity index is 796. The van der Waals surface area contributed by atoms with E-state index in [-0.39, 0.29) is 5.91 Å². The van der Waals surface area contributed by atoms with Gasteiger partial charge in [0.2, 0.25) is 5.91 Å². The summed E-state index contributed by atoms with van der Waals surface area (Å²) >= 11 is 0. The highest BCUT2D eigenvalue weighted by atomic mass is 16.2. The Morgan fingerprint density at radius 3 is 2.52 bits per heavy atom. The molecule has 6 rings (SSSR count). The van der Waals surface area contributed by atoms with Crippen LogP contribution < -0.4 is 0 Å². The van der Waals surface area contributed by atoms with E-state index in [4.69, 9.17) is 0 Å². The van der Waals surface area contributed by atoms with Gasteiger partial charge in [-0.25, -0.2) is 4.98 Å². The molecule has 2 heterocycles. The molecule has 132 valence electrons. The fraction of sp³-hybridized carbons (Fsp3) is 0.619. The van der Waals surface area contributed by atoms with Crippen molar-refractivity contribution in [2.45, 2.75) is 51.5 Å². The summed E-state index contributed by atoms with van der Waals surface area (Å²) in [5.74, 6) is 3.62. The third-order valence-corrected chi connectivity index (χ3v) is 7.08. The van der Waals surface area contributed by atoms with Crippen LogP contribution in [0.1, 0.15) is 43.4 Å². The van der Waals surface area contributed by atoms with Gasteiger partial charge in [-0.3, -0.25) is 4.79 Å². The molecule has 1 amide bonds. The molecule has 4 bridgehead atoms. The number of aromatic nitrogens is 2. The van der Waals surface area contributed by atoms with Crippen molar-refractivity contribution in [2.75, 3.05) is 7.05 Å². The first-order chi connectivity index (χ1) is 12.1. The first kappa shape index (κ1) is 15.4. The lowest BCUT2D eigenvalue weighted by Crippen LogP contribution is -2.56. The predicted molar refractivity (Wildman–Crippen MR) is 97.2 cm³/mol. The fourth-order valence-corrected chi connectivity index (χ4v) is 6.26. The first-order valence-electron chi connectivity index (χ1n) is 9.77. The third-order valence-electron chi connectivity index (χ3n) is 7.08. The van der Waals surface area contributed by atoms with Gasteiger partial charge < -0.3 is 9.30 Å². The molecule has 4 nitrogen and oxygen atoms in total. The Kier molecular flexibility index (Phi) is 3.44. The minimum Gasteiger partial charge on any atom is -0.342 e. The third kappa shape index (κ3) is 2.49. The SMILES string of the molecule is Cc1cccn2cc(CC(=O)N(C)C3C4CC5CC(C4)CC3C5)nc12. The van der Waals surface area contributed by atoms with Gasteiger partial charge in [-0.05, 0) is 74.3 Å². The van der Waals surface area contributed by atoms with E-state index in [0.29, 0.717) is 12.5 Å². The fourth-order valence-electron chi connectivity index (χ4n) is 6.26. The van der Waals surface area contributed by atoms with Gasteiger partial charge in [0.05, 0.1) is 12.1 Å². The van der Waals surface area contributed by atoms with Crippen molar-refractivity contribution in [3.05, 3.63) is 35.8 Å². The van der Waals surface area contributed by atoms with Crippen LogP contribution in [-0.4, -0.2) is 33.3 Å². The molecule has 0 aromatic carbocycles. The largest absolute Gasteiger partial charge is 0.342 e. The Hall–Kier alpha value is -1.84. The van der Waals surface area contributed by atoms with Gasteiger partial charge in [0.25, 0.3) is 0 Å². The summed E-state index contributed by atoms with van der Waals surface area (Å²) in [6.45, 7) is 2.06. The number of carbonyl (C=O) groups is 1. The average molecular weight is 337 g/mol. The quantitative estimate of drug-likeness (QED) is 0.860. The van der Waals surface area contributed by atoms with Crippen LogP contribution in [0.15, 0.2) is 24.5 Å². The minimum absolute atomic E-state index is 0.235. The number of rotatable bonds is 3. The molecule has 0 unspecified atom stereocenters. The van der Waals surface area contributed by atoms with Gasteiger partial charge in [0.1, 0.15) is 5.65 Å². The maximum atomic E-state index is 13.0. The van der Waals surface area contributed by atoms with Crippen LogP contribution in [0.5, 0.6) is 0 Å². The summed E-state index contributed by atoms with van der Waals surface area (Å²) < 4.78 is 2.03. The highest BCUT2D eigenvalue weighted by molar-refractivity contribution is 5.78. The van der Waals surface area contributed by atoms with Crippen molar-refractivity contribution in [1.82, 2.24) is 14.3 Å². The van der Waals surface area contributed by atoms with E-state index in [2.05, 4.69) is 22.9 Å². The number of hydrogen-bond acceptors (Lipinski definition) is 2. The molecular formula is C21H27N3O. The van der Waals surface area contributed by atoms with Gasteiger partial charge >= 0.3 is 0 Å². The van der Waals surface area contributed by atoms with E-state index in [9.17, 15) is 4.79 Å². The molecule has 2 aromatic heterocycles. The molecule has 4 heteroatoms. The molecule has 0 N–H and O–H groups in total. The summed E-state index contributed by atoms with van der Waals surface area (Å²) in [7, 11) is 2.04. The van der Waals surface area contributed by atoms with Crippen LogP contribution in [-0.2, 0) is 11.2 Å². The second-order valence-electron chi connectivity index (χ2n) is 8.76. The normalized spacial score (nSPS) is 33.1. The second kappa shape index (κ2) is 5.58. The zero-order valence-corrected chi connectivity index (χ0v) is 15.2. The summed E-state index contributed by atoms with van der Waals surface area (Å²) in [4.78, 5) is 19.7. The maximum absolute atomic E-state index is 13.0. The van der Waals surface area contributed by atoms with Crippen molar-refractivity contribution >= 4 is 11.6 Å². The molecule has 0 atom stereocenters. The molecular weight excluding hydrogens is 310 g/mol. The Labute approximate surface area is 149 Å². The molecule has 0 spiro atoms. The average Bonchev–Trinajstić information content (AvgIpc) is 2.97.